The van der Waals surface area contributed by atoms with Crippen molar-refractivity contribution < 1.29 is 28.6 Å². The Balaban J connectivity index is 1.54. The Labute approximate surface area is 197 Å². The Bertz CT molecular complexity index is 887. The lowest BCUT2D eigenvalue weighted by atomic mass is 9.48. The van der Waals surface area contributed by atoms with Crippen LogP contribution in [0.25, 0.3) is 0 Å². The molecule has 7 atom stereocenters. The first-order chi connectivity index (χ1) is 15.6. The maximum absolute atomic E-state index is 13.8. The molecule has 0 N–H and O–H groups in total. The van der Waals surface area contributed by atoms with Crippen LogP contribution < -0.4 is 0 Å². The van der Waals surface area contributed by atoms with E-state index in [-0.39, 0.29) is 35.2 Å². The highest BCUT2D eigenvalue weighted by Gasteiger charge is 2.59. The zero-order chi connectivity index (χ0) is 24.0. The predicted octanol–water partition coefficient (Wildman–Crippen LogP) is 5.41. The number of hydrogen-bond acceptors (Lipinski definition) is 6. The average molecular weight is 459 g/mol. The van der Waals surface area contributed by atoms with Crippen LogP contribution in [0.2, 0.25) is 0 Å². The second-order valence-corrected chi connectivity index (χ2v) is 11.0. The van der Waals surface area contributed by atoms with E-state index in [1.165, 1.54) is 25.4 Å². The number of carbonyl (C=O) groups excluding carboxylic acids is 3. The van der Waals surface area contributed by atoms with Crippen LogP contribution in [0, 0.1) is 34.5 Å². The van der Waals surface area contributed by atoms with E-state index in [0.29, 0.717) is 24.5 Å². The fourth-order valence-electron chi connectivity index (χ4n) is 7.42. The molecule has 0 saturated heterocycles. The summed E-state index contributed by atoms with van der Waals surface area (Å²) in [5.41, 5.74) is 2.19. The van der Waals surface area contributed by atoms with Crippen LogP contribution in [0.1, 0.15) is 72.1 Å². The van der Waals surface area contributed by atoms with Crippen molar-refractivity contribution in [2.24, 2.45) is 34.5 Å². The zero-order valence-corrected chi connectivity index (χ0v) is 20.6. The lowest BCUT2D eigenvalue weighted by Gasteiger charge is -2.55. The molecule has 0 unspecified atom stereocenters. The summed E-state index contributed by atoms with van der Waals surface area (Å²) in [5.74, 6) is 1.27. The fourth-order valence-corrected chi connectivity index (χ4v) is 7.42. The van der Waals surface area contributed by atoms with E-state index >= 15 is 0 Å². The van der Waals surface area contributed by atoms with Crippen LogP contribution in [0.4, 0.5) is 4.79 Å². The Morgan fingerprint density at radius 3 is 2.61 bits per heavy atom. The van der Waals surface area contributed by atoms with Gasteiger partial charge in [-0.05, 0) is 85.7 Å². The van der Waals surface area contributed by atoms with E-state index in [9.17, 15) is 14.4 Å². The van der Waals surface area contributed by atoms with Gasteiger partial charge in [-0.1, -0.05) is 26.0 Å². The SMILES string of the molecule is COC(=O)CC[C@H](C)[C@@H]1CC=C2C3=CC[C@@H]4C[C@H](OC(=O)OC)CC[C@]4(C)[C@H]3CC(=O)[C@]21C. The van der Waals surface area contributed by atoms with Gasteiger partial charge in [0.05, 0.1) is 19.6 Å². The van der Waals surface area contributed by atoms with E-state index in [1.807, 2.05) is 0 Å². The van der Waals surface area contributed by atoms with Gasteiger partial charge in [0, 0.05) is 12.8 Å². The van der Waals surface area contributed by atoms with E-state index in [0.717, 1.165) is 38.5 Å². The van der Waals surface area contributed by atoms with Crippen molar-refractivity contribution >= 4 is 17.9 Å². The molecular formula is C27H38O6. The summed E-state index contributed by atoms with van der Waals surface area (Å²) < 4.78 is 15.0. The number of allylic oxidation sites excluding steroid dienone is 4. The van der Waals surface area contributed by atoms with E-state index in [2.05, 4.69) is 37.7 Å². The molecule has 0 heterocycles. The largest absolute Gasteiger partial charge is 0.508 e. The van der Waals surface area contributed by atoms with Crippen molar-refractivity contribution in [3.8, 4) is 0 Å². The first-order valence-electron chi connectivity index (χ1n) is 12.4. The van der Waals surface area contributed by atoms with Gasteiger partial charge in [0.2, 0.25) is 0 Å². The van der Waals surface area contributed by atoms with Crippen LogP contribution in [-0.2, 0) is 23.8 Å². The molecule has 4 rings (SSSR count). The van der Waals surface area contributed by atoms with Crippen molar-refractivity contribution in [3.05, 3.63) is 23.3 Å². The number of rotatable bonds is 5. The summed E-state index contributed by atoms with van der Waals surface area (Å²) in [6.45, 7) is 6.65. The summed E-state index contributed by atoms with van der Waals surface area (Å²) in [7, 11) is 2.77. The molecule has 0 aromatic rings. The minimum Gasteiger partial charge on any atom is -0.469 e. The molecule has 4 aliphatic rings. The molecule has 182 valence electrons. The highest BCUT2D eigenvalue weighted by Crippen LogP contribution is 2.64. The normalized spacial score (nSPS) is 38.2. The number of ether oxygens (including phenoxy) is 3. The zero-order valence-electron chi connectivity index (χ0n) is 20.6. The van der Waals surface area contributed by atoms with Crippen LogP contribution in [0.5, 0.6) is 0 Å². The van der Waals surface area contributed by atoms with Crippen LogP contribution in [-0.4, -0.2) is 38.2 Å². The van der Waals surface area contributed by atoms with Crippen LogP contribution in [0.15, 0.2) is 23.3 Å². The first kappa shape index (κ1) is 24.0. The molecule has 2 saturated carbocycles. The highest BCUT2D eigenvalue weighted by atomic mass is 16.7. The van der Waals surface area contributed by atoms with Gasteiger partial charge in [0.15, 0.2) is 0 Å². The van der Waals surface area contributed by atoms with Gasteiger partial charge in [0.25, 0.3) is 0 Å². The minimum absolute atomic E-state index is 0.0342. The number of hydrogen-bond donors (Lipinski definition) is 0. The van der Waals surface area contributed by atoms with Gasteiger partial charge >= 0.3 is 12.1 Å². The average Bonchev–Trinajstić information content (AvgIpc) is 3.16. The molecular weight excluding hydrogens is 420 g/mol. The van der Waals surface area contributed by atoms with Crippen molar-refractivity contribution in [1.82, 2.24) is 0 Å². The molecule has 2 fully saturated rings. The number of esters is 1. The van der Waals surface area contributed by atoms with Gasteiger partial charge in [0.1, 0.15) is 11.9 Å². The van der Waals surface area contributed by atoms with E-state index in [4.69, 9.17) is 9.47 Å². The molecule has 0 bridgehead atoms. The smallest absolute Gasteiger partial charge is 0.469 e. The summed E-state index contributed by atoms with van der Waals surface area (Å²) in [4.78, 5) is 37.1. The summed E-state index contributed by atoms with van der Waals surface area (Å²) >= 11 is 0. The molecule has 6 nitrogen and oxygen atoms in total. The third-order valence-corrected chi connectivity index (χ3v) is 9.58. The molecule has 6 heteroatoms. The Morgan fingerprint density at radius 2 is 1.91 bits per heavy atom. The molecule has 0 amide bonds. The molecule has 0 spiro atoms. The predicted molar refractivity (Wildman–Crippen MR) is 123 cm³/mol. The minimum atomic E-state index is -0.609. The number of ketones is 1. The summed E-state index contributed by atoms with van der Waals surface area (Å²) in [5, 5.41) is 0. The van der Waals surface area contributed by atoms with Gasteiger partial charge in [-0.2, -0.15) is 0 Å². The maximum Gasteiger partial charge on any atom is 0.508 e. The Morgan fingerprint density at radius 1 is 1.15 bits per heavy atom. The Hall–Kier alpha value is -2.11. The van der Waals surface area contributed by atoms with Gasteiger partial charge in [-0.25, -0.2) is 4.79 Å². The van der Waals surface area contributed by atoms with Crippen molar-refractivity contribution in [2.45, 2.75) is 78.2 Å². The maximum atomic E-state index is 13.8. The number of fused-ring (bicyclic) bond motifs is 5. The third kappa shape index (κ3) is 3.93. The van der Waals surface area contributed by atoms with Crippen LogP contribution >= 0.6 is 0 Å². The molecule has 0 aromatic carbocycles. The summed E-state index contributed by atoms with van der Waals surface area (Å²) in [6, 6.07) is 0. The number of carbonyl (C=O) groups is 3. The van der Waals surface area contributed by atoms with Gasteiger partial charge < -0.3 is 14.2 Å². The standard InChI is InChI=1S/C27H38O6/c1-16(6-11-24(29)31-4)20-9-10-21-19-8-7-17-14-18(33-25(30)32-5)12-13-26(17,2)22(19)15-23(28)27(20,21)3/h8,10,16-18,20,22H,6-7,9,11-15H2,1-5H3/t16-,17+,18+,20-,22-,26-,27-/m0/s1. The second-order valence-electron chi connectivity index (χ2n) is 11.0. The molecule has 33 heavy (non-hydrogen) atoms. The number of Topliss-reactive ketones (excluding diaryl/α,β-unsaturated/α-hetero) is 1. The fraction of sp³-hybridized carbons (Fsp3) is 0.741. The topological polar surface area (TPSA) is 78.9 Å². The second kappa shape index (κ2) is 8.92. The van der Waals surface area contributed by atoms with Crippen molar-refractivity contribution in [2.75, 3.05) is 14.2 Å². The lowest BCUT2D eigenvalue weighted by molar-refractivity contribution is -0.141. The van der Waals surface area contributed by atoms with Gasteiger partial charge in [-0.15, -0.1) is 0 Å². The molecule has 0 aliphatic heterocycles. The van der Waals surface area contributed by atoms with Crippen molar-refractivity contribution in [1.29, 1.82) is 0 Å². The monoisotopic (exact) mass is 458 g/mol. The number of methoxy groups -OCH3 is 2. The summed E-state index contributed by atoms with van der Waals surface area (Å²) in [6.07, 6.45) is 10.1. The molecule has 4 aliphatic carbocycles. The van der Waals surface area contributed by atoms with Crippen LogP contribution in [0.3, 0.4) is 0 Å². The highest BCUT2D eigenvalue weighted by molar-refractivity contribution is 5.93. The Kier molecular flexibility index (Phi) is 6.49. The molecule has 0 aromatic heterocycles. The van der Waals surface area contributed by atoms with E-state index in [1.54, 1.807) is 0 Å². The van der Waals surface area contributed by atoms with Gasteiger partial charge in [-0.3, -0.25) is 9.59 Å². The lowest BCUT2D eigenvalue weighted by Crippen LogP contribution is -2.51. The first-order valence-corrected chi connectivity index (χ1v) is 12.4. The quantitative estimate of drug-likeness (QED) is 0.513. The van der Waals surface area contributed by atoms with Crippen molar-refractivity contribution in [3.63, 3.8) is 0 Å². The third-order valence-electron chi connectivity index (χ3n) is 9.58. The molecule has 0 radical (unpaired) electrons. The van der Waals surface area contributed by atoms with E-state index < -0.39 is 11.6 Å².